The highest BCUT2D eigenvalue weighted by Crippen LogP contribution is 2.29. The zero-order valence-electron chi connectivity index (χ0n) is 21.7. The Morgan fingerprint density at radius 3 is 1.29 bits per heavy atom. The van der Waals surface area contributed by atoms with E-state index in [0.29, 0.717) is 22.5 Å². The number of aliphatic imine (C=N–C) groups is 2. The van der Waals surface area contributed by atoms with E-state index >= 15 is 0 Å². The van der Waals surface area contributed by atoms with Crippen molar-refractivity contribution in [2.45, 2.75) is 9.79 Å². The Labute approximate surface area is 237 Å². The number of sulfone groups is 1. The Balaban J connectivity index is 1.21. The predicted molar refractivity (Wildman–Crippen MR) is 164 cm³/mol. The van der Waals surface area contributed by atoms with Crippen LogP contribution < -0.4 is 0 Å². The van der Waals surface area contributed by atoms with Gasteiger partial charge >= 0.3 is 0 Å². The third-order valence-electron chi connectivity index (χ3n) is 6.87. The van der Waals surface area contributed by atoms with Crippen molar-refractivity contribution in [2.24, 2.45) is 9.98 Å². The van der Waals surface area contributed by atoms with E-state index in [0.717, 1.165) is 21.5 Å². The van der Waals surface area contributed by atoms with Gasteiger partial charge in [-0.1, -0.05) is 60.7 Å². The number of rotatable bonds is 6. The molecular weight excluding hydrogens is 532 g/mol. The Kier molecular flexibility index (Phi) is 6.79. The summed E-state index contributed by atoms with van der Waals surface area (Å²) >= 11 is 0. The molecule has 7 heteroatoms. The minimum Gasteiger partial charge on any atom is -0.507 e. The van der Waals surface area contributed by atoms with Gasteiger partial charge in [0.15, 0.2) is 0 Å². The Morgan fingerprint density at radius 1 is 0.488 bits per heavy atom. The molecule has 6 nitrogen and oxygen atoms in total. The van der Waals surface area contributed by atoms with Crippen molar-refractivity contribution in [3.05, 3.63) is 132 Å². The van der Waals surface area contributed by atoms with Gasteiger partial charge in [-0.05, 0) is 82.2 Å². The predicted octanol–water partition coefficient (Wildman–Crippen LogP) is 7.74. The first-order chi connectivity index (χ1) is 19.9. The van der Waals surface area contributed by atoms with Crippen LogP contribution in [0.2, 0.25) is 0 Å². The molecule has 0 saturated heterocycles. The molecule has 41 heavy (non-hydrogen) atoms. The lowest BCUT2D eigenvalue weighted by molar-refractivity contribution is 0.475. The number of phenols is 2. The molecule has 0 saturated carbocycles. The molecule has 0 aliphatic carbocycles. The van der Waals surface area contributed by atoms with E-state index < -0.39 is 9.84 Å². The molecule has 6 aromatic carbocycles. The third kappa shape index (κ3) is 5.18. The molecule has 0 bridgehead atoms. The molecule has 0 unspecified atom stereocenters. The average Bonchev–Trinajstić information content (AvgIpc) is 3.00. The molecular formula is C34H24N2O4S. The van der Waals surface area contributed by atoms with E-state index in [1.54, 1.807) is 48.8 Å². The van der Waals surface area contributed by atoms with Crippen LogP contribution in [0.4, 0.5) is 11.4 Å². The summed E-state index contributed by atoms with van der Waals surface area (Å²) in [5.74, 6) is 0.238. The largest absolute Gasteiger partial charge is 0.507 e. The SMILES string of the molecule is O=S(=O)(c1ccc(N=Cc2c(O)ccc3ccccc23)cc1)c1ccc(N=Cc2c(O)ccc3ccccc23)cc1. The van der Waals surface area contributed by atoms with Crippen LogP contribution in [0, 0.1) is 0 Å². The van der Waals surface area contributed by atoms with Crippen LogP contribution in [0.1, 0.15) is 11.1 Å². The number of hydrogen-bond donors (Lipinski definition) is 2. The summed E-state index contributed by atoms with van der Waals surface area (Å²) in [5, 5.41) is 24.4. The molecule has 0 amide bonds. The lowest BCUT2D eigenvalue weighted by Crippen LogP contribution is -2.01. The summed E-state index contributed by atoms with van der Waals surface area (Å²) in [6.07, 6.45) is 3.16. The summed E-state index contributed by atoms with van der Waals surface area (Å²) < 4.78 is 26.5. The fraction of sp³-hybridized carbons (Fsp3) is 0. The highest BCUT2D eigenvalue weighted by Gasteiger charge is 2.17. The van der Waals surface area contributed by atoms with Crippen molar-refractivity contribution >= 4 is 55.2 Å². The number of hydrogen-bond acceptors (Lipinski definition) is 6. The van der Waals surface area contributed by atoms with Gasteiger partial charge in [0.1, 0.15) is 11.5 Å². The molecule has 0 aromatic heterocycles. The normalized spacial score (nSPS) is 12.1. The van der Waals surface area contributed by atoms with Crippen molar-refractivity contribution in [3.8, 4) is 11.5 Å². The van der Waals surface area contributed by atoms with Crippen LogP contribution in [0.3, 0.4) is 0 Å². The monoisotopic (exact) mass is 556 g/mol. The minimum absolute atomic E-state index is 0.119. The maximum Gasteiger partial charge on any atom is 0.206 e. The first-order valence-electron chi connectivity index (χ1n) is 12.8. The van der Waals surface area contributed by atoms with E-state index in [1.807, 2.05) is 60.7 Å². The second kappa shape index (κ2) is 10.7. The first-order valence-corrected chi connectivity index (χ1v) is 14.3. The van der Waals surface area contributed by atoms with Crippen molar-refractivity contribution in [2.75, 3.05) is 0 Å². The number of nitrogens with zero attached hydrogens (tertiary/aromatic N) is 2. The molecule has 0 heterocycles. The lowest BCUT2D eigenvalue weighted by atomic mass is 10.0. The summed E-state index contributed by atoms with van der Waals surface area (Å²) in [4.78, 5) is 9.18. The molecule has 2 N–H and O–H groups in total. The highest BCUT2D eigenvalue weighted by molar-refractivity contribution is 7.91. The Hall–Kier alpha value is -5.27. The van der Waals surface area contributed by atoms with Gasteiger partial charge in [0, 0.05) is 23.6 Å². The smallest absolute Gasteiger partial charge is 0.206 e. The topological polar surface area (TPSA) is 99.3 Å². The molecule has 200 valence electrons. The van der Waals surface area contributed by atoms with Crippen LogP contribution in [0.25, 0.3) is 21.5 Å². The molecule has 6 rings (SSSR count). The van der Waals surface area contributed by atoms with Gasteiger partial charge in [0.25, 0.3) is 0 Å². The summed E-state index contributed by atoms with van der Waals surface area (Å²) in [7, 11) is -3.76. The quantitative estimate of drug-likeness (QED) is 0.205. The molecule has 0 atom stereocenters. The van der Waals surface area contributed by atoms with Crippen molar-refractivity contribution in [1.82, 2.24) is 0 Å². The van der Waals surface area contributed by atoms with E-state index in [9.17, 15) is 18.6 Å². The van der Waals surface area contributed by atoms with Gasteiger partial charge in [0.05, 0.1) is 21.2 Å². The Bertz CT molecular complexity index is 1920. The van der Waals surface area contributed by atoms with Crippen LogP contribution in [-0.2, 0) is 9.84 Å². The molecule has 0 fully saturated rings. The number of phenolic OH excluding ortho intramolecular Hbond substituents is 2. The van der Waals surface area contributed by atoms with E-state index in [-0.39, 0.29) is 21.3 Å². The van der Waals surface area contributed by atoms with Gasteiger partial charge in [-0.25, -0.2) is 8.42 Å². The third-order valence-corrected chi connectivity index (χ3v) is 8.66. The second-order valence-electron chi connectivity index (χ2n) is 9.45. The minimum atomic E-state index is -3.76. The van der Waals surface area contributed by atoms with E-state index in [4.69, 9.17) is 0 Å². The van der Waals surface area contributed by atoms with Crippen LogP contribution in [0.5, 0.6) is 11.5 Å². The highest BCUT2D eigenvalue weighted by atomic mass is 32.2. The van der Waals surface area contributed by atoms with Crippen LogP contribution >= 0.6 is 0 Å². The average molecular weight is 557 g/mol. The zero-order valence-corrected chi connectivity index (χ0v) is 22.5. The fourth-order valence-corrected chi connectivity index (χ4v) is 5.94. The molecule has 0 spiro atoms. The summed E-state index contributed by atoms with van der Waals surface area (Å²) in [6.45, 7) is 0. The van der Waals surface area contributed by atoms with Crippen molar-refractivity contribution < 1.29 is 18.6 Å². The second-order valence-corrected chi connectivity index (χ2v) is 11.4. The van der Waals surface area contributed by atoms with Gasteiger partial charge < -0.3 is 10.2 Å². The van der Waals surface area contributed by atoms with Gasteiger partial charge in [-0.2, -0.15) is 0 Å². The summed E-state index contributed by atoms with van der Waals surface area (Å²) in [5.41, 5.74) is 2.30. The molecule has 0 aliphatic rings. The zero-order chi connectivity index (χ0) is 28.4. The van der Waals surface area contributed by atoms with Crippen molar-refractivity contribution in [1.29, 1.82) is 0 Å². The molecule has 6 aromatic rings. The van der Waals surface area contributed by atoms with Gasteiger partial charge in [-0.3, -0.25) is 9.98 Å². The van der Waals surface area contributed by atoms with Crippen molar-refractivity contribution in [3.63, 3.8) is 0 Å². The van der Waals surface area contributed by atoms with Gasteiger partial charge in [0.2, 0.25) is 9.84 Å². The fourth-order valence-electron chi connectivity index (χ4n) is 4.68. The summed E-state index contributed by atoms with van der Waals surface area (Å²) in [6, 6.07) is 34.9. The maximum absolute atomic E-state index is 13.3. The molecule has 0 aliphatic heterocycles. The number of benzene rings is 6. The number of aromatic hydroxyl groups is 2. The Morgan fingerprint density at radius 2 is 0.878 bits per heavy atom. The maximum atomic E-state index is 13.3. The van der Waals surface area contributed by atoms with Gasteiger partial charge in [-0.15, -0.1) is 0 Å². The number of fused-ring (bicyclic) bond motifs is 2. The standard InChI is InChI=1S/C34H24N2O4S/c37-33-19-9-23-5-1-3-7-29(23)31(33)21-35-25-11-15-27(16-12-25)41(39,40)28-17-13-26(14-18-28)36-22-32-30-8-4-2-6-24(30)10-20-34(32)38/h1-22,37-38H. The first kappa shape index (κ1) is 26.0. The molecule has 0 radical (unpaired) electrons. The lowest BCUT2D eigenvalue weighted by Gasteiger charge is -2.07. The van der Waals surface area contributed by atoms with Crippen LogP contribution in [0.15, 0.2) is 141 Å². The van der Waals surface area contributed by atoms with E-state index in [2.05, 4.69) is 9.98 Å². The van der Waals surface area contributed by atoms with E-state index in [1.165, 1.54) is 24.3 Å². The van der Waals surface area contributed by atoms with Crippen LogP contribution in [-0.4, -0.2) is 31.1 Å².